The number of aromatic amines is 1. The lowest BCUT2D eigenvalue weighted by molar-refractivity contribution is 0.0507. The van der Waals surface area contributed by atoms with E-state index in [4.69, 9.17) is 10.5 Å². The average molecular weight is 221 g/mol. The highest BCUT2D eigenvalue weighted by Crippen LogP contribution is 2.32. The Kier molecular flexibility index (Phi) is 2.48. The third kappa shape index (κ3) is 1.76. The Bertz CT molecular complexity index is 388. The first kappa shape index (κ1) is 10.3. The van der Waals surface area contributed by atoms with E-state index in [0.29, 0.717) is 12.1 Å². The first-order chi connectivity index (χ1) is 7.72. The largest absolute Gasteiger partial charge is 0.367 e. The highest BCUT2D eigenvalue weighted by atomic mass is 16.5. The third-order valence-corrected chi connectivity index (χ3v) is 3.64. The van der Waals surface area contributed by atoms with Crippen molar-refractivity contribution in [1.29, 1.82) is 0 Å². The molecule has 2 heterocycles. The summed E-state index contributed by atoms with van der Waals surface area (Å²) < 4.78 is 5.83. The Morgan fingerprint density at radius 2 is 2.25 bits per heavy atom. The van der Waals surface area contributed by atoms with E-state index in [1.54, 1.807) is 0 Å². The number of fused-ring (bicyclic) bond motifs is 1. The van der Waals surface area contributed by atoms with Crippen LogP contribution in [0, 0.1) is 0 Å². The van der Waals surface area contributed by atoms with Gasteiger partial charge in [-0.1, -0.05) is 0 Å². The maximum atomic E-state index is 5.96. The molecular weight excluding hydrogens is 202 g/mol. The van der Waals surface area contributed by atoms with Crippen LogP contribution >= 0.6 is 0 Å². The van der Waals surface area contributed by atoms with Crippen LogP contribution in [0.2, 0.25) is 0 Å². The summed E-state index contributed by atoms with van der Waals surface area (Å²) in [5, 5.41) is 0. The molecule has 2 aliphatic rings. The van der Waals surface area contributed by atoms with Crippen molar-refractivity contribution in [3.63, 3.8) is 0 Å². The molecule has 16 heavy (non-hydrogen) atoms. The Balaban J connectivity index is 1.82. The zero-order chi connectivity index (χ0) is 11.1. The zero-order valence-electron chi connectivity index (χ0n) is 9.70. The maximum Gasteiger partial charge on any atom is 0.135 e. The molecule has 0 spiro atoms. The summed E-state index contributed by atoms with van der Waals surface area (Å²) in [6.07, 6.45) is 5.76. The minimum Gasteiger partial charge on any atom is -0.367 e. The summed E-state index contributed by atoms with van der Waals surface area (Å²) in [4.78, 5) is 8.08. The minimum absolute atomic E-state index is 0.178. The van der Waals surface area contributed by atoms with E-state index in [-0.39, 0.29) is 6.10 Å². The average Bonchev–Trinajstić information content (AvgIpc) is 2.83. The lowest BCUT2D eigenvalue weighted by atomic mass is 9.97. The van der Waals surface area contributed by atoms with Crippen LogP contribution in [0.15, 0.2) is 0 Å². The van der Waals surface area contributed by atoms with Gasteiger partial charge in [-0.15, -0.1) is 0 Å². The summed E-state index contributed by atoms with van der Waals surface area (Å²) in [5.41, 5.74) is 8.40. The number of hydrogen-bond acceptors (Lipinski definition) is 3. The van der Waals surface area contributed by atoms with Crippen LogP contribution in [-0.4, -0.2) is 22.1 Å². The number of rotatable bonds is 1. The Labute approximate surface area is 95.6 Å². The van der Waals surface area contributed by atoms with Crippen molar-refractivity contribution in [3.05, 3.63) is 17.2 Å². The lowest BCUT2D eigenvalue weighted by Crippen LogP contribution is -2.27. The molecule has 1 aromatic heterocycles. The Morgan fingerprint density at radius 3 is 3.00 bits per heavy atom. The van der Waals surface area contributed by atoms with Crippen molar-refractivity contribution >= 4 is 0 Å². The van der Waals surface area contributed by atoms with Crippen molar-refractivity contribution in [1.82, 2.24) is 9.97 Å². The smallest absolute Gasteiger partial charge is 0.135 e. The monoisotopic (exact) mass is 221 g/mol. The molecule has 1 aromatic rings. The second-order valence-electron chi connectivity index (χ2n) is 5.06. The Morgan fingerprint density at radius 1 is 1.38 bits per heavy atom. The molecule has 3 N–H and O–H groups in total. The number of ether oxygens (including phenoxy) is 1. The van der Waals surface area contributed by atoms with Crippen molar-refractivity contribution in [2.45, 2.75) is 57.3 Å². The second kappa shape index (κ2) is 3.86. The van der Waals surface area contributed by atoms with Crippen LogP contribution in [0.5, 0.6) is 0 Å². The van der Waals surface area contributed by atoms with Crippen molar-refractivity contribution in [2.75, 3.05) is 0 Å². The number of nitrogens with two attached hydrogens (primary N) is 1. The van der Waals surface area contributed by atoms with Gasteiger partial charge in [0.15, 0.2) is 0 Å². The van der Waals surface area contributed by atoms with Crippen LogP contribution in [-0.2, 0) is 17.6 Å². The highest BCUT2D eigenvalue weighted by Gasteiger charge is 2.28. The van der Waals surface area contributed by atoms with Crippen molar-refractivity contribution in [3.8, 4) is 0 Å². The van der Waals surface area contributed by atoms with E-state index in [1.807, 2.05) is 0 Å². The van der Waals surface area contributed by atoms with Crippen molar-refractivity contribution < 1.29 is 4.74 Å². The second-order valence-corrected chi connectivity index (χ2v) is 5.06. The lowest BCUT2D eigenvalue weighted by Gasteiger charge is -2.16. The number of nitrogens with zero attached hydrogens (tertiary/aromatic N) is 1. The molecule has 4 nitrogen and oxygen atoms in total. The first-order valence-corrected chi connectivity index (χ1v) is 6.21. The number of aryl methyl sites for hydroxylation is 1. The van der Waals surface area contributed by atoms with E-state index in [2.05, 4.69) is 16.9 Å². The van der Waals surface area contributed by atoms with Gasteiger partial charge in [0.05, 0.1) is 11.8 Å². The molecule has 3 rings (SSSR count). The fourth-order valence-corrected chi connectivity index (χ4v) is 2.69. The topological polar surface area (TPSA) is 63.9 Å². The van der Waals surface area contributed by atoms with Crippen LogP contribution in [0.3, 0.4) is 0 Å². The summed E-state index contributed by atoms with van der Waals surface area (Å²) >= 11 is 0. The van der Waals surface area contributed by atoms with Gasteiger partial charge in [0.1, 0.15) is 11.9 Å². The fraction of sp³-hybridized carbons (Fsp3) is 0.750. The molecule has 0 bridgehead atoms. The molecule has 1 saturated heterocycles. The van der Waals surface area contributed by atoms with Crippen LogP contribution < -0.4 is 5.73 Å². The molecule has 0 aromatic carbocycles. The van der Waals surface area contributed by atoms with Crippen LogP contribution in [0.25, 0.3) is 0 Å². The summed E-state index contributed by atoms with van der Waals surface area (Å²) in [6, 6.07) is 0.296. The molecule has 1 fully saturated rings. The SMILES string of the molecule is CC1CCC(c2nc3c([nH]2)CC(N)CC3)O1. The molecule has 88 valence electrons. The molecule has 3 unspecified atom stereocenters. The molecule has 3 atom stereocenters. The number of hydrogen-bond donors (Lipinski definition) is 2. The van der Waals surface area contributed by atoms with Gasteiger partial charge in [0, 0.05) is 18.2 Å². The first-order valence-electron chi connectivity index (χ1n) is 6.21. The van der Waals surface area contributed by atoms with E-state index < -0.39 is 0 Å². The number of H-pyrrole nitrogens is 1. The van der Waals surface area contributed by atoms with E-state index in [0.717, 1.165) is 37.9 Å². The summed E-state index contributed by atoms with van der Waals surface area (Å²) in [7, 11) is 0. The molecule has 1 aliphatic heterocycles. The molecule has 4 heteroatoms. The zero-order valence-corrected chi connectivity index (χ0v) is 9.70. The van der Waals surface area contributed by atoms with E-state index in [9.17, 15) is 0 Å². The quantitative estimate of drug-likeness (QED) is 0.754. The van der Waals surface area contributed by atoms with Gasteiger partial charge in [-0.05, 0) is 32.6 Å². The number of imidazole rings is 1. The normalized spacial score (nSPS) is 34.0. The molecule has 0 amide bonds. The minimum atomic E-state index is 0.178. The number of nitrogens with one attached hydrogen (secondary N) is 1. The van der Waals surface area contributed by atoms with Crippen LogP contribution in [0.1, 0.15) is 49.5 Å². The number of aromatic nitrogens is 2. The van der Waals surface area contributed by atoms with Gasteiger partial charge in [-0.2, -0.15) is 0 Å². The van der Waals surface area contributed by atoms with Crippen LogP contribution in [0.4, 0.5) is 0 Å². The van der Waals surface area contributed by atoms with Gasteiger partial charge in [0.2, 0.25) is 0 Å². The Hall–Kier alpha value is -0.870. The predicted molar refractivity (Wildman–Crippen MR) is 61.1 cm³/mol. The van der Waals surface area contributed by atoms with Gasteiger partial charge in [-0.25, -0.2) is 4.98 Å². The van der Waals surface area contributed by atoms with Gasteiger partial charge >= 0.3 is 0 Å². The summed E-state index contributed by atoms with van der Waals surface area (Å²) in [5.74, 6) is 1.02. The third-order valence-electron chi connectivity index (χ3n) is 3.64. The van der Waals surface area contributed by atoms with Gasteiger partial charge < -0.3 is 15.5 Å². The molecule has 0 radical (unpaired) electrons. The fourth-order valence-electron chi connectivity index (χ4n) is 2.69. The van der Waals surface area contributed by atoms with E-state index >= 15 is 0 Å². The molecule has 1 aliphatic carbocycles. The van der Waals surface area contributed by atoms with Gasteiger partial charge in [-0.3, -0.25) is 0 Å². The molecule has 0 saturated carbocycles. The predicted octanol–water partition coefficient (Wildman–Crippen LogP) is 1.47. The van der Waals surface area contributed by atoms with E-state index in [1.165, 1.54) is 11.4 Å². The van der Waals surface area contributed by atoms with Crippen molar-refractivity contribution in [2.24, 2.45) is 5.73 Å². The summed E-state index contributed by atoms with van der Waals surface area (Å²) in [6.45, 7) is 2.12. The highest BCUT2D eigenvalue weighted by molar-refractivity contribution is 5.20. The molecular formula is C12H19N3O. The maximum absolute atomic E-state index is 5.96. The standard InChI is InChI=1S/C12H19N3O/c1-7-2-5-11(16-7)12-14-9-4-3-8(13)6-10(9)15-12/h7-8,11H,2-6,13H2,1H3,(H,14,15). The van der Waals surface area contributed by atoms with Gasteiger partial charge in [0.25, 0.3) is 0 Å².